The molecule has 0 aliphatic rings. The van der Waals surface area contributed by atoms with E-state index in [0.29, 0.717) is 11.3 Å². The predicted octanol–water partition coefficient (Wildman–Crippen LogP) is 1.25. The molecule has 17 heavy (non-hydrogen) atoms. The normalized spacial score (nSPS) is 14.4. The van der Waals surface area contributed by atoms with Gasteiger partial charge in [0, 0.05) is 18.4 Å². The van der Waals surface area contributed by atoms with E-state index in [1.807, 2.05) is 6.92 Å². The molecule has 2 atom stereocenters. The summed E-state index contributed by atoms with van der Waals surface area (Å²) in [5.74, 6) is 0.180. The van der Waals surface area contributed by atoms with Crippen LogP contribution in [0.3, 0.4) is 0 Å². The van der Waals surface area contributed by atoms with E-state index < -0.39 is 12.2 Å². The zero-order valence-corrected chi connectivity index (χ0v) is 10.7. The molecule has 1 aromatic carbocycles. The third-order valence-corrected chi connectivity index (χ3v) is 3.37. The van der Waals surface area contributed by atoms with Crippen LogP contribution in [0.2, 0.25) is 0 Å². The molecule has 0 fully saturated rings. The number of carbonyl (C=O) groups excluding carboxylic acids is 1. The number of carbonyl (C=O) groups is 1. The third-order valence-electron chi connectivity index (χ3n) is 2.46. The van der Waals surface area contributed by atoms with Crippen molar-refractivity contribution in [2.45, 2.75) is 26.1 Å². The number of nitrogens with two attached hydrogens (primary N) is 1. The lowest BCUT2D eigenvalue weighted by atomic mass is 10.0. The molecule has 0 aliphatic heterocycles. The molecule has 0 amide bonds. The molecule has 0 saturated heterocycles. The summed E-state index contributed by atoms with van der Waals surface area (Å²) in [5, 5.41) is 19.5. The van der Waals surface area contributed by atoms with Gasteiger partial charge in [-0.05, 0) is 24.1 Å². The molecule has 4 nitrogen and oxygen atoms in total. The quantitative estimate of drug-likeness (QED) is 0.705. The topological polar surface area (TPSA) is 83.5 Å². The number of aliphatic hydroxyl groups excluding tert-OH is 2. The summed E-state index contributed by atoms with van der Waals surface area (Å²) in [5.41, 5.74) is 7.78. The van der Waals surface area contributed by atoms with Gasteiger partial charge in [0.1, 0.15) is 6.10 Å². The predicted molar refractivity (Wildman–Crippen MR) is 69.7 cm³/mol. The molecule has 1 aromatic rings. The minimum atomic E-state index is -0.999. The van der Waals surface area contributed by atoms with Crippen LogP contribution in [-0.4, -0.2) is 27.2 Å². The van der Waals surface area contributed by atoms with Crippen LogP contribution in [0.5, 0.6) is 0 Å². The second-order valence-corrected chi connectivity index (χ2v) is 5.13. The first-order chi connectivity index (χ1) is 7.91. The number of hydrogen-bond donors (Lipinski definition) is 3. The number of thioether (sulfide) groups is 1. The first kappa shape index (κ1) is 14.0. The van der Waals surface area contributed by atoms with Crippen molar-refractivity contribution < 1.29 is 15.0 Å². The lowest BCUT2D eigenvalue weighted by Crippen LogP contribution is -2.21. The van der Waals surface area contributed by atoms with Crippen molar-refractivity contribution in [3.8, 4) is 0 Å². The van der Waals surface area contributed by atoms with Crippen LogP contribution in [0, 0.1) is 6.92 Å². The maximum Gasteiger partial charge on any atom is 0.185 e. The molecular formula is C12H17NO3S. The first-order valence-corrected chi connectivity index (χ1v) is 6.26. The summed E-state index contributed by atoms with van der Waals surface area (Å²) in [6, 6.07) is 5.11. The Morgan fingerprint density at radius 1 is 1.47 bits per heavy atom. The van der Waals surface area contributed by atoms with E-state index in [1.54, 1.807) is 18.2 Å². The fourth-order valence-corrected chi connectivity index (χ4v) is 1.99. The Morgan fingerprint density at radius 2 is 2.12 bits per heavy atom. The van der Waals surface area contributed by atoms with Gasteiger partial charge in [-0.25, -0.2) is 0 Å². The van der Waals surface area contributed by atoms with E-state index in [9.17, 15) is 15.0 Å². The standard InChI is InChI=1S/C12H17NO3S/c1-7-5-9(3-4-10(7)13)12(16)11(15)6-17-8(2)14/h3-5,11-12,15-16H,6,13H2,1-2H3. The van der Waals surface area contributed by atoms with E-state index >= 15 is 0 Å². The van der Waals surface area contributed by atoms with Crippen LogP contribution < -0.4 is 5.73 Å². The van der Waals surface area contributed by atoms with Crippen LogP contribution in [0.25, 0.3) is 0 Å². The van der Waals surface area contributed by atoms with E-state index in [1.165, 1.54) is 6.92 Å². The lowest BCUT2D eigenvalue weighted by Gasteiger charge is -2.18. The molecule has 0 heterocycles. The number of benzene rings is 1. The molecule has 0 radical (unpaired) electrons. The van der Waals surface area contributed by atoms with Crippen LogP contribution in [0.15, 0.2) is 18.2 Å². The van der Waals surface area contributed by atoms with E-state index in [4.69, 9.17) is 5.73 Å². The van der Waals surface area contributed by atoms with E-state index in [-0.39, 0.29) is 10.9 Å². The van der Waals surface area contributed by atoms with Crippen LogP contribution >= 0.6 is 11.8 Å². The van der Waals surface area contributed by atoms with Crippen molar-refractivity contribution in [1.82, 2.24) is 0 Å². The van der Waals surface area contributed by atoms with Crippen LogP contribution in [-0.2, 0) is 4.79 Å². The first-order valence-electron chi connectivity index (χ1n) is 5.27. The van der Waals surface area contributed by atoms with Gasteiger partial charge in [0.05, 0.1) is 6.10 Å². The van der Waals surface area contributed by atoms with Gasteiger partial charge in [0.25, 0.3) is 0 Å². The van der Waals surface area contributed by atoms with Gasteiger partial charge in [-0.3, -0.25) is 4.79 Å². The Kier molecular flexibility index (Phi) is 4.99. The number of rotatable bonds is 4. The largest absolute Gasteiger partial charge is 0.399 e. The fourth-order valence-electron chi connectivity index (χ4n) is 1.40. The number of hydrogen-bond acceptors (Lipinski definition) is 5. The van der Waals surface area contributed by atoms with Gasteiger partial charge in [0.2, 0.25) is 0 Å². The number of nitrogen functional groups attached to an aromatic ring is 1. The molecule has 2 unspecified atom stereocenters. The molecule has 94 valence electrons. The zero-order valence-electron chi connectivity index (χ0n) is 9.88. The summed E-state index contributed by atoms with van der Waals surface area (Å²) < 4.78 is 0. The maximum absolute atomic E-state index is 10.8. The van der Waals surface area contributed by atoms with Gasteiger partial charge < -0.3 is 15.9 Å². The number of aryl methyl sites for hydroxylation is 1. The van der Waals surface area contributed by atoms with Crippen molar-refractivity contribution in [2.75, 3.05) is 11.5 Å². The molecule has 0 saturated carbocycles. The minimum Gasteiger partial charge on any atom is -0.399 e. The SMILES string of the molecule is CC(=O)SCC(O)C(O)c1ccc(N)c(C)c1. The molecule has 0 aliphatic carbocycles. The van der Waals surface area contributed by atoms with Crippen molar-refractivity contribution >= 4 is 22.6 Å². The maximum atomic E-state index is 10.8. The summed E-state index contributed by atoms with van der Waals surface area (Å²) >= 11 is 0.996. The lowest BCUT2D eigenvalue weighted by molar-refractivity contribution is -0.109. The Balaban J connectivity index is 2.70. The number of aliphatic hydroxyl groups is 2. The highest BCUT2D eigenvalue weighted by Gasteiger charge is 2.19. The van der Waals surface area contributed by atoms with Crippen LogP contribution in [0.1, 0.15) is 24.2 Å². The average molecular weight is 255 g/mol. The average Bonchev–Trinajstić information content (AvgIpc) is 2.28. The van der Waals surface area contributed by atoms with Gasteiger partial charge >= 0.3 is 0 Å². The Labute approximate surface area is 105 Å². The summed E-state index contributed by atoms with van der Waals surface area (Å²) in [6.07, 6.45) is -1.96. The highest BCUT2D eigenvalue weighted by atomic mass is 32.2. The Morgan fingerprint density at radius 3 is 2.65 bits per heavy atom. The van der Waals surface area contributed by atoms with Gasteiger partial charge in [-0.15, -0.1) is 0 Å². The smallest absolute Gasteiger partial charge is 0.185 e. The molecule has 1 rings (SSSR count). The highest BCUT2D eigenvalue weighted by Crippen LogP contribution is 2.23. The van der Waals surface area contributed by atoms with Gasteiger partial charge in [-0.1, -0.05) is 23.9 Å². The van der Waals surface area contributed by atoms with Gasteiger partial charge in [0.15, 0.2) is 5.12 Å². The molecule has 0 aromatic heterocycles. The Hall–Kier alpha value is -1.04. The van der Waals surface area contributed by atoms with Crippen molar-refractivity contribution in [3.63, 3.8) is 0 Å². The van der Waals surface area contributed by atoms with Crippen LogP contribution in [0.4, 0.5) is 5.69 Å². The van der Waals surface area contributed by atoms with E-state index in [0.717, 1.165) is 17.3 Å². The number of anilines is 1. The monoisotopic (exact) mass is 255 g/mol. The fraction of sp³-hybridized carbons (Fsp3) is 0.417. The second kappa shape index (κ2) is 6.05. The van der Waals surface area contributed by atoms with Crippen molar-refractivity contribution in [1.29, 1.82) is 0 Å². The second-order valence-electron chi connectivity index (χ2n) is 3.93. The summed E-state index contributed by atoms with van der Waals surface area (Å²) in [6.45, 7) is 3.26. The minimum absolute atomic E-state index is 0.0789. The summed E-state index contributed by atoms with van der Waals surface area (Å²) in [4.78, 5) is 10.8. The zero-order chi connectivity index (χ0) is 13.0. The highest BCUT2D eigenvalue weighted by molar-refractivity contribution is 8.13. The van der Waals surface area contributed by atoms with E-state index in [2.05, 4.69) is 0 Å². The third kappa shape index (κ3) is 4.03. The van der Waals surface area contributed by atoms with Gasteiger partial charge in [-0.2, -0.15) is 0 Å². The summed E-state index contributed by atoms with van der Waals surface area (Å²) in [7, 11) is 0. The van der Waals surface area contributed by atoms with Crippen molar-refractivity contribution in [2.24, 2.45) is 0 Å². The molecule has 0 spiro atoms. The Bertz CT molecular complexity index is 409. The van der Waals surface area contributed by atoms with Crippen molar-refractivity contribution in [3.05, 3.63) is 29.3 Å². The molecule has 4 N–H and O–H groups in total. The molecular weight excluding hydrogens is 238 g/mol. The molecule has 5 heteroatoms. The molecule has 0 bridgehead atoms.